The summed E-state index contributed by atoms with van der Waals surface area (Å²) in [7, 11) is 4.12. The molecule has 1 fully saturated rings. The van der Waals surface area contributed by atoms with Crippen LogP contribution in [-0.4, -0.2) is 41.7 Å². The first kappa shape index (κ1) is 27.8. The standard InChI is InChI=1S/C29H38N6O2.ClH/c1-35(2)27-23-11-6-7-13-25(23)33-28(34-27)32-21-16-14-20(15-17-21)19-29(37-22-9-4-3-5-10-22)24(26(30)36)12-8-18-31-29;/h3-5,8-10,12,18,20-21,31H,6-7,11,13-17,19H2,1-2H3,(H2,30,36)(H,32,33,34);1H/t20?,21?,29-;/m0./s1. The number of hydrogen-bond acceptors (Lipinski definition) is 7. The van der Waals surface area contributed by atoms with E-state index in [1.165, 1.54) is 24.1 Å². The monoisotopic (exact) mass is 538 g/mol. The fraction of sp³-hybridized carbons (Fsp3) is 0.483. The van der Waals surface area contributed by atoms with E-state index in [-0.39, 0.29) is 12.4 Å². The summed E-state index contributed by atoms with van der Waals surface area (Å²) in [6.45, 7) is 0. The van der Waals surface area contributed by atoms with Crippen molar-refractivity contribution in [2.24, 2.45) is 11.7 Å². The van der Waals surface area contributed by atoms with E-state index in [0.717, 1.165) is 50.3 Å². The van der Waals surface area contributed by atoms with Crippen LogP contribution in [0.4, 0.5) is 11.8 Å². The van der Waals surface area contributed by atoms with Crippen LogP contribution < -0.4 is 26.0 Å². The number of aryl methyl sites for hydroxylation is 1. The molecule has 3 aliphatic rings. The maximum atomic E-state index is 12.4. The van der Waals surface area contributed by atoms with Crippen LogP contribution in [0, 0.1) is 5.92 Å². The number of halogens is 1. The highest BCUT2D eigenvalue weighted by molar-refractivity contribution is 5.94. The van der Waals surface area contributed by atoms with E-state index in [9.17, 15) is 4.79 Å². The number of benzene rings is 1. The molecule has 38 heavy (non-hydrogen) atoms. The first-order valence-corrected chi connectivity index (χ1v) is 13.5. The molecule has 1 aromatic carbocycles. The number of hydrogen-bond donors (Lipinski definition) is 3. The highest BCUT2D eigenvalue weighted by atomic mass is 35.5. The molecule has 8 nitrogen and oxygen atoms in total. The van der Waals surface area contributed by atoms with Crippen LogP contribution >= 0.6 is 12.4 Å². The normalized spacial score (nSPS) is 24.2. The molecular weight excluding hydrogens is 500 g/mol. The molecule has 2 aromatic rings. The van der Waals surface area contributed by atoms with Gasteiger partial charge in [-0.1, -0.05) is 18.2 Å². The average molecular weight is 539 g/mol. The van der Waals surface area contributed by atoms with Crippen LogP contribution in [0.5, 0.6) is 5.75 Å². The number of amides is 1. The van der Waals surface area contributed by atoms with Gasteiger partial charge in [-0.3, -0.25) is 4.79 Å². The molecule has 0 spiro atoms. The SMILES string of the molecule is CN(C)c1nc(NC2CCC(C[C@@]3(Oc4ccccc4)NC=CC=C3C(N)=O)CC2)nc2c1CCCC2.Cl. The van der Waals surface area contributed by atoms with Gasteiger partial charge in [-0.15, -0.1) is 12.4 Å². The molecule has 0 saturated heterocycles. The van der Waals surface area contributed by atoms with Crippen molar-refractivity contribution in [1.29, 1.82) is 0 Å². The lowest BCUT2D eigenvalue weighted by Crippen LogP contribution is -2.55. The third-order valence-electron chi connectivity index (χ3n) is 7.75. The van der Waals surface area contributed by atoms with E-state index in [1.807, 2.05) is 36.5 Å². The number of carbonyl (C=O) groups excluding carboxylic acids is 1. The second-order valence-electron chi connectivity index (χ2n) is 10.7. The third kappa shape index (κ3) is 6.07. The molecule has 0 radical (unpaired) electrons. The Balaban J connectivity index is 0.00000336. The molecule has 9 heteroatoms. The third-order valence-corrected chi connectivity index (χ3v) is 7.75. The van der Waals surface area contributed by atoms with Crippen molar-refractivity contribution < 1.29 is 9.53 Å². The van der Waals surface area contributed by atoms with Crippen LogP contribution in [0.25, 0.3) is 0 Å². The van der Waals surface area contributed by atoms with Gasteiger partial charge >= 0.3 is 0 Å². The molecule has 1 aromatic heterocycles. The van der Waals surface area contributed by atoms with E-state index in [4.69, 9.17) is 20.4 Å². The summed E-state index contributed by atoms with van der Waals surface area (Å²) < 4.78 is 6.46. The molecule has 4 N–H and O–H groups in total. The quantitative estimate of drug-likeness (QED) is 0.454. The summed E-state index contributed by atoms with van der Waals surface area (Å²) in [4.78, 5) is 24.3. The van der Waals surface area contributed by atoms with Gasteiger partial charge in [0.05, 0.1) is 11.3 Å². The van der Waals surface area contributed by atoms with Crippen LogP contribution in [0.15, 0.2) is 54.3 Å². The Hall–Kier alpha value is -3.26. The molecule has 0 unspecified atom stereocenters. The minimum Gasteiger partial charge on any atom is -0.464 e. The zero-order chi connectivity index (χ0) is 25.8. The first-order valence-electron chi connectivity index (χ1n) is 13.5. The van der Waals surface area contributed by atoms with Crippen LogP contribution in [0.1, 0.15) is 56.2 Å². The molecule has 1 saturated carbocycles. The van der Waals surface area contributed by atoms with Crippen molar-refractivity contribution in [3.63, 3.8) is 0 Å². The Morgan fingerprint density at radius 1 is 1.13 bits per heavy atom. The molecule has 0 bridgehead atoms. The number of fused-ring (bicyclic) bond motifs is 1. The van der Waals surface area contributed by atoms with Crippen molar-refractivity contribution in [2.45, 2.75) is 69.6 Å². The Morgan fingerprint density at radius 3 is 2.58 bits per heavy atom. The number of primary amides is 1. The van der Waals surface area contributed by atoms with Crippen molar-refractivity contribution in [3.05, 3.63) is 65.5 Å². The van der Waals surface area contributed by atoms with Gasteiger partial charge in [-0.05, 0) is 81.6 Å². The number of anilines is 2. The number of para-hydroxylation sites is 1. The van der Waals surface area contributed by atoms with Crippen LogP contribution in [0.2, 0.25) is 0 Å². The second kappa shape index (κ2) is 12.1. The number of nitrogens with two attached hydrogens (primary N) is 1. The Kier molecular flexibility index (Phi) is 8.82. The summed E-state index contributed by atoms with van der Waals surface area (Å²) >= 11 is 0. The lowest BCUT2D eigenvalue weighted by Gasteiger charge is -2.41. The van der Waals surface area contributed by atoms with Gasteiger partial charge in [0.15, 0.2) is 0 Å². The second-order valence-corrected chi connectivity index (χ2v) is 10.7. The zero-order valence-corrected chi connectivity index (χ0v) is 23.1. The van der Waals surface area contributed by atoms with Crippen molar-refractivity contribution in [3.8, 4) is 5.75 Å². The summed E-state index contributed by atoms with van der Waals surface area (Å²) in [5.74, 6) is 2.40. The maximum absolute atomic E-state index is 12.4. The van der Waals surface area contributed by atoms with E-state index < -0.39 is 11.6 Å². The predicted octanol–water partition coefficient (Wildman–Crippen LogP) is 4.51. The first-order chi connectivity index (χ1) is 17.9. The summed E-state index contributed by atoms with van der Waals surface area (Å²) in [6.07, 6.45) is 14.6. The van der Waals surface area contributed by atoms with Gasteiger partial charge in [0, 0.05) is 38.3 Å². The summed E-state index contributed by atoms with van der Waals surface area (Å²) in [5.41, 5.74) is 7.79. The van der Waals surface area contributed by atoms with E-state index in [2.05, 4.69) is 29.6 Å². The molecule has 2 heterocycles. The number of nitrogens with one attached hydrogen (secondary N) is 2. The van der Waals surface area contributed by atoms with Gasteiger partial charge in [0.25, 0.3) is 5.91 Å². The summed E-state index contributed by atoms with van der Waals surface area (Å²) in [6, 6.07) is 9.93. The van der Waals surface area contributed by atoms with Crippen LogP contribution in [-0.2, 0) is 17.6 Å². The van der Waals surface area contributed by atoms with Crippen molar-refractivity contribution >= 4 is 30.1 Å². The van der Waals surface area contributed by atoms with Gasteiger partial charge in [-0.25, -0.2) is 4.98 Å². The number of aromatic nitrogens is 2. The molecular formula is C29H39ClN6O2. The average Bonchev–Trinajstić information content (AvgIpc) is 2.90. The molecule has 1 amide bonds. The highest BCUT2D eigenvalue weighted by Crippen LogP contribution is 2.37. The lowest BCUT2D eigenvalue weighted by atomic mass is 9.79. The van der Waals surface area contributed by atoms with Crippen molar-refractivity contribution in [2.75, 3.05) is 24.3 Å². The minimum atomic E-state index is -0.977. The molecule has 1 atom stereocenters. The van der Waals surface area contributed by atoms with E-state index in [1.54, 1.807) is 12.2 Å². The smallest absolute Gasteiger partial charge is 0.250 e. The van der Waals surface area contributed by atoms with Gasteiger partial charge in [-0.2, -0.15) is 4.98 Å². The topological polar surface area (TPSA) is 105 Å². The van der Waals surface area contributed by atoms with Crippen LogP contribution in [0.3, 0.4) is 0 Å². The Morgan fingerprint density at radius 2 is 1.87 bits per heavy atom. The summed E-state index contributed by atoms with van der Waals surface area (Å²) in [5, 5.41) is 6.98. The molecule has 2 aliphatic carbocycles. The number of dihydropyridines is 1. The molecule has 5 rings (SSSR count). The van der Waals surface area contributed by atoms with Gasteiger partial charge < -0.3 is 26.0 Å². The zero-order valence-electron chi connectivity index (χ0n) is 22.3. The molecule has 1 aliphatic heterocycles. The van der Waals surface area contributed by atoms with Gasteiger partial charge in [0.1, 0.15) is 11.6 Å². The number of nitrogens with zero attached hydrogens (tertiary/aromatic N) is 3. The fourth-order valence-corrected chi connectivity index (χ4v) is 5.91. The predicted molar refractivity (Wildman–Crippen MR) is 154 cm³/mol. The Bertz CT molecular complexity index is 1180. The fourth-order valence-electron chi connectivity index (χ4n) is 5.91. The maximum Gasteiger partial charge on any atom is 0.250 e. The lowest BCUT2D eigenvalue weighted by molar-refractivity contribution is -0.117. The van der Waals surface area contributed by atoms with Crippen molar-refractivity contribution in [1.82, 2.24) is 15.3 Å². The molecule has 204 valence electrons. The number of carbonyl (C=O) groups is 1. The Labute approximate surface area is 231 Å². The van der Waals surface area contributed by atoms with Gasteiger partial charge in [0.2, 0.25) is 11.7 Å². The minimum absolute atomic E-state index is 0. The van der Waals surface area contributed by atoms with E-state index >= 15 is 0 Å². The largest absolute Gasteiger partial charge is 0.464 e. The highest BCUT2D eigenvalue weighted by Gasteiger charge is 2.43. The number of allylic oxidation sites excluding steroid dienone is 2. The number of ether oxygens (including phenoxy) is 1. The van der Waals surface area contributed by atoms with E-state index in [0.29, 0.717) is 29.7 Å². The number of rotatable bonds is 8.